The lowest BCUT2D eigenvalue weighted by Gasteiger charge is -2.31. The Hall–Kier alpha value is -4.39. The predicted molar refractivity (Wildman–Crippen MR) is 134 cm³/mol. The van der Waals surface area contributed by atoms with Gasteiger partial charge in [-0.3, -0.25) is 35.2 Å². The number of carbonyl (C=O) groups excluding carboxylic acids is 1. The molecule has 1 aliphatic carbocycles. The molecule has 1 saturated carbocycles. The van der Waals surface area contributed by atoms with Gasteiger partial charge in [0.05, 0.1) is 39.6 Å². The maximum atomic E-state index is 12.0. The maximum Gasteiger partial charge on any atom is 0.335 e. The molecule has 1 N–H and O–H groups in total. The van der Waals surface area contributed by atoms with Gasteiger partial charge in [-0.25, -0.2) is 4.79 Å². The molecule has 0 unspecified atom stereocenters. The average Bonchev–Trinajstić information content (AvgIpc) is 2.88. The molecule has 0 aromatic heterocycles. The number of phenolic OH excluding ortho intramolecular Hbond substituents is 1. The second kappa shape index (κ2) is 13.6. The van der Waals surface area contributed by atoms with Gasteiger partial charge in [-0.05, 0) is 31.5 Å². The van der Waals surface area contributed by atoms with Gasteiger partial charge in [0, 0.05) is 12.6 Å². The second-order valence-electron chi connectivity index (χ2n) is 8.38. The van der Waals surface area contributed by atoms with Crippen LogP contribution in [-0.4, -0.2) is 57.5 Å². The number of non-ortho nitro benzene ring substituents is 1. The predicted octanol–water partition coefficient (Wildman–Crippen LogP) is 4.62. The van der Waals surface area contributed by atoms with Crippen molar-refractivity contribution in [1.29, 1.82) is 0 Å². The molecule has 0 bridgehead atoms. The Morgan fingerprint density at radius 3 is 2.00 bits per heavy atom. The van der Waals surface area contributed by atoms with Crippen molar-refractivity contribution in [3.05, 3.63) is 83.9 Å². The number of methoxy groups -OCH3 is 1. The lowest BCUT2D eigenvalue weighted by molar-refractivity contribution is -0.404. The molecule has 3 rings (SSSR count). The van der Waals surface area contributed by atoms with Crippen LogP contribution in [-0.2, 0) is 9.53 Å². The molecule has 0 spiro atoms. The summed E-state index contributed by atoms with van der Waals surface area (Å²) in [7, 11) is 3.56. The lowest BCUT2D eigenvalue weighted by atomic mass is 9.94. The number of rotatable bonds is 8. The summed E-state index contributed by atoms with van der Waals surface area (Å²) in [5.41, 5.74) is -1.25. The highest BCUT2D eigenvalue weighted by Gasteiger charge is 2.30. The molecule has 13 heteroatoms. The van der Waals surface area contributed by atoms with Gasteiger partial charge < -0.3 is 9.84 Å². The van der Waals surface area contributed by atoms with Crippen LogP contribution in [0.4, 0.5) is 17.1 Å². The normalized spacial score (nSPS) is 13.9. The summed E-state index contributed by atoms with van der Waals surface area (Å²) in [5.74, 6) is -1.44. The van der Waals surface area contributed by atoms with Crippen LogP contribution >= 0.6 is 0 Å². The van der Waals surface area contributed by atoms with Crippen LogP contribution in [0.3, 0.4) is 0 Å². The largest absolute Gasteiger partial charge is 0.497 e. The van der Waals surface area contributed by atoms with E-state index in [9.17, 15) is 35.1 Å². The van der Waals surface area contributed by atoms with Gasteiger partial charge in [-0.15, -0.1) is 0 Å². The quantitative estimate of drug-likeness (QED) is 0.225. The molecule has 0 radical (unpaired) electrons. The van der Waals surface area contributed by atoms with Crippen LogP contribution in [0.25, 0.3) is 6.08 Å². The Labute approximate surface area is 212 Å². The number of hydrogen-bond acceptors (Lipinski definition) is 10. The highest BCUT2D eigenvalue weighted by Crippen LogP contribution is 2.39. The summed E-state index contributed by atoms with van der Waals surface area (Å²) in [4.78, 5) is 42.1. The Kier molecular flexibility index (Phi) is 10.6. The molecule has 0 amide bonds. The maximum absolute atomic E-state index is 12.0. The van der Waals surface area contributed by atoms with Gasteiger partial charge >= 0.3 is 17.3 Å². The van der Waals surface area contributed by atoms with Crippen LogP contribution in [0.5, 0.6) is 5.75 Å². The molecule has 0 heterocycles. The number of nitro benzene ring substituents is 3. The SMILES string of the molecule is COC(=O)C(=Cc1ccccc1)CN(C)C1CCCCC1.O=[N+]([O-])c1cc([N+](=O)[O-])c(O)c([N+](=O)[O-])c1. The summed E-state index contributed by atoms with van der Waals surface area (Å²) >= 11 is 0. The van der Waals surface area contributed by atoms with Crippen molar-refractivity contribution in [2.75, 3.05) is 20.7 Å². The van der Waals surface area contributed by atoms with E-state index in [1.165, 1.54) is 39.2 Å². The topological polar surface area (TPSA) is 179 Å². The van der Waals surface area contributed by atoms with E-state index in [1.54, 1.807) is 0 Å². The number of carbonyl (C=O) groups is 1. The van der Waals surface area contributed by atoms with E-state index in [4.69, 9.17) is 9.84 Å². The summed E-state index contributed by atoms with van der Waals surface area (Å²) in [6, 6.07) is 11.4. The fourth-order valence-corrected chi connectivity index (χ4v) is 3.94. The second-order valence-corrected chi connectivity index (χ2v) is 8.38. The third-order valence-electron chi connectivity index (χ3n) is 5.86. The van der Waals surface area contributed by atoms with Crippen molar-refractivity contribution in [2.24, 2.45) is 0 Å². The monoisotopic (exact) mass is 516 g/mol. The molecule has 13 nitrogen and oxygen atoms in total. The third kappa shape index (κ3) is 8.35. The van der Waals surface area contributed by atoms with Crippen LogP contribution in [0, 0.1) is 30.3 Å². The molecular weight excluding hydrogens is 488 g/mol. The molecule has 0 aliphatic heterocycles. The van der Waals surface area contributed by atoms with Gasteiger partial charge in [0.1, 0.15) is 0 Å². The number of phenols is 1. The molecule has 0 atom stereocenters. The molecule has 0 saturated heterocycles. The van der Waals surface area contributed by atoms with Crippen molar-refractivity contribution in [3.8, 4) is 5.75 Å². The Balaban J connectivity index is 0.000000271. The van der Waals surface area contributed by atoms with Crippen LogP contribution in [0.2, 0.25) is 0 Å². The third-order valence-corrected chi connectivity index (χ3v) is 5.86. The zero-order valence-corrected chi connectivity index (χ0v) is 20.4. The zero-order chi connectivity index (χ0) is 27.5. The number of esters is 1. The fourth-order valence-electron chi connectivity index (χ4n) is 3.94. The first-order chi connectivity index (χ1) is 17.5. The average molecular weight is 517 g/mol. The molecule has 1 fully saturated rings. The van der Waals surface area contributed by atoms with Crippen molar-refractivity contribution in [1.82, 2.24) is 4.90 Å². The number of benzene rings is 2. The Bertz CT molecular complexity index is 1130. The number of hydrogen-bond donors (Lipinski definition) is 1. The lowest BCUT2D eigenvalue weighted by Crippen LogP contribution is -2.36. The highest BCUT2D eigenvalue weighted by atomic mass is 16.6. The van der Waals surface area contributed by atoms with E-state index >= 15 is 0 Å². The van der Waals surface area contributed by atoms with Crippen molar-refractivity contribution >= 4 is 29.1 Å². The van der Waals surface area contributed by atoms with E-state index in [-0.39, 0.29) is 5.97 Å². The minimum atomic E-state index is -1.21. The minimum Gasteiger partial charge on any atom is -0.497 e. The molecule has 1 aliphatic rings. The van der Waals surface area contributed by atoms with Crippen LogP contribution < -0.4 is 0 Å². The number of nitrogens with zero attached hydrogens (tertiary/aromatic N) is 4. The van der Waals surface area contributed by atoms with E-state index in [1.807, 2.05) is 36.4 Å². The Morgan fingerprint density at radius 1 is 1.00 bits per heavy atom. The number of aromatic hydroxyl groups is 1. The van der Waals surface area contributed by atoms with Gasteiger partial charge in [0.2, 0.25) is 0 Å². The van der Waals surface area contributed by atoms with Crippen molar-refractivity contribution in [3.63, 3.8) is 0 Å². The highest BCUT2D eigenvalue weighted by molar-refractivity contribution is 5.94. The molecule has 198 valence electrons. The first-order valence-corrected chi connectivity index (χ1v) is 11.4. The van der Waals surface area contributed by atoms with Gasteiger partial charge in [0.15, 0.2) is 0 Å². The fraction of sp³-hybridized carbons (Fsp3) is 0.375. The van der Waals surface area contributed by atoms with E-state index in [0.29, 0.717) is 24.7 Å². The molecule has 37 heavy (non-hydrogen) atoms. The molecule has 2 aromatic rings. The van der Waals surface area contributed by atoms with Gasteiger partial charge in [0.25, 0.3) is 11.4 Å². The van der Waals surface area contributed by atoms with E-state index in [0.717, 1.165) is 11.1 Å². The summed E-state index contributed by atoms with van der Waals surface area (Å²) in [6.07, 6.45) is 8.34. The van der Waals surface area contributed by atoms with Crippen LogP contribution in [0.1, 0.15) is 37.7 Å². The number of ether oxygens (including phenoxy) is 1. The minimum absolute atomic E-state index is 0.235. The smallest absolute Gasteiger partial charge is 0.335 e. The zero-order valence-electron chi connectivity index (χ0n) is 20.4. The first kappa shape index (κ1) is 28.8. The van der Waals surface area contributed by atoms with E-state index in [2.05, 4.69) is 11.9 Å². The van der Waals surface area contributed by atoms with Crippen molar-refractivity contribution in [2.45, 2.75) is 38.1 Å². The summed E-state index contributed by atoms with van der Waals surface area (Å²) in [5, 5.41) is 40.2. The van der Waals surface area contributed by atoms with Gasteiger partial charge in [-0.2, -0.15) is 0 Å². The number of nitro groups is 3. The molecule has 2 aromatic carbocycles. The van der Waals surface area contributed by atoms with E-state index < -0.39 is 37.6 Å². The standard InChI is InChI=1S/C18H25NO2.C6H3N3O7/c1-19(17-11-7-4-8-12-17)14-16(18(20)21-2)13-15-9-5-3-6-10-15;10-6-4(8(13)14)1-3(7(11)12)2-5(6)9(15)16/h3,5-6,9-10,13,17H,4,7-8,11-12,14H2,1-2H3;1-2,10H. The summed E-state index contributed by atoms with van der Waals surface area (Å²) in [6.45, 7) is 0.645. The number of likely N-dealkylation sites (N-methyl/N-ethyl adjacent to an activating group) is 1. The first-order valence-electron chi connectivity index (χ1n) is 11.4. The van der Waals surface area contributed by atoms with Gasteiger partial charge in [-0.1, -0.05) is 49.6 Å². The Morgan fingerprint density at radius 2 is 1.54 bits per heavy atom. The van der Waals surface area contributed by atoms with Crippen LogP contribution in [0.15, 0.2) is 48.0 Å². The van der Waals surface area contributed by atoms with Crippen molar-refractivity contribution < 1.29 is 29.4 Å². The summed E-state index contributed by atoms with van der Waals surface area (Å²) < 4.78 is 4.94. The molecular formula is C24H28N4O9.